The number of benzene rings is 1. The highest BCUT2D eigenvalue weighted by Gasteiger charge is 2.33. The summed E-state index contributed by atoms with van der Waals surface area (Å²) in [5, 5.41) is 6.51. The third-order valence-electron chi connectivity index (χ3n) is 4.93. The smallest absolute Gasteiger partial charge is 0.238 e. The number of aryl methyl sites for hydroxylation is 1. The van der Waals surface area contributed by atoms with Gasteiger partial charge in [-0.25, -0.2) is 0 Å². The molecule has 0 unspecified atom stereocenters. The summed E-state index contributed by atoms with van der Waals surface area (Å²) in [5.41, 5.74) is 3.01. The van der Waals surface area contributed by atoms with Crippen molar-refractivity contribution in [3.63, 3.8) is 0 Å². The molecule has 1 aromatic carbocycles. The summed E-state index contributed by atoms with van der Waals surface area (Å²) in [6.45, 7) is 2.28. The van der Waals surface area contributed by atoms with Crippen molar-refractivity contribution in [2.45, 2.75) is 44.6 Å². The van der Waals surface area contributed by atoms with Crippen molar-refractivity contribution in [2.24, 2.45) is 0 Å². The van der Waals surface area contributed by atoms with Crippen LogP contribution in [-0.4, -0.2) is 17.4 Å². The van der Waals surface area contributed by atoms with E-state index in [1.165, 1.54) is 24.8 Å². The van der Waals surface area contributed by atoms with E-state index in [0.717, 1.165) is 24.1 Å². The largest absolute Gasteiger partial charge is 0.323 e. The average Bonchev–Trinajstić information content (AvgIpc) is 2.63. The maximum absolute atomic E-state index is 12.4. The van der Waals surface area contributed by atoms with Gasteiger partial charge in [-0.15, -0.1) is 0 Å². The Hall–Kier alpha value is -2.20. The molecule has 126 valence electrons. The Morgan fingerprint density at radius 3 is 2.58 bits per heavy atom. The SMILES string of the molecule is Cc1ccncc1NC(=O)CNC1(c2ccccc2)CCCCC1. The molecule has 2 aromatic rings. The van der Waals surface area contributed by atoms with E-state index in [0.29, 0.717) is 6.54 Å². The standard InChI is InChI=1S/C20H25N3O/c1-16-10-13-21-14-18(16)23-19(24)15-22-20(11-6-3-7-12-20)17-8-4-2-5-9-17/h2,4-5,8-10,13-14,22H,3,6-7,11-12,15H2,1H3,(H,23,24). The second-order valence-corrected chi connectivity index (χ2v) is 6.60. The van der Waals surface area contributed by atoms with Gasteiger partial charge >= 0.3 is 0 Å². The van der Waals surface area contributed by atoms with E-state index in [2.05, 4.69) is 39.9 Å². The van der Waals surface area contributed by atoms with E-state index in [-0.39, 0.29) is 11.4 Å². The van der Waals surface area contributed by atoms with Crippen LogP contribution in [-0.2, 0) is 10.3 Å². The fourth-order valence-electron chi connectivity index (χ4n) is 3.52. The summed E-state index contributed by atoms with van der Waals surface area (Å²) in [4.78, 5) is 16.5. The van der Waals surface area contributed by atoms with Crippen molar-refractivity contribution in [2.75, 3.05) is 11.9 Å². The molecule has 1 amide bonds. The molecule has 1 aromatic heterocycles. The molecule has 24 heavy (non-hydrogen) atoms. The van der Waals surface area contributed by atoms with E-state index < -0.39 is 0 Å². The summed E-state index contributed by atoms with van der Waals surface area (Å²) in [6.07, 6.45) is 9.26. The van der Waals surface area contributed by atoms with Crippen LogP contribution >= 0.6 is 0 Å². The molecule has 1 fully saturated rings. The highest BCUT2D eigenvalue weighted by atomic mass is 16.1. The number of nitrogens with zero attached hydrogens (tertiary/aromatic N) is 1. The number of nitrogens with one attached hydrogen (secondary N) is 2. The van der Waals surface area contributed by atoms with Gasteiger partial charge in [0.2, 0.25) is 5.91 Å². The van der Waals surface area contributed by atoms with Crippen molar-refractivity contribution in [3.8, 4) is 0 Å². The summed E-state index contributed by atoms with van der Waals surface area (Å²) >= 11 is 0. The van der Waals surface area contributed by atoms with Gasteiger partial charge < -0.3 is 5.32 Å². The van der Waals surface area contributed by atoms with Crippen LogP contribution in [0.4, 0.5) is 5.69 Å². The van der Waals surface area contributed by atoms with Crippen molar-refractivity contribution >= 4 is 11.6 Å². The van der Waals surface area contributed by atoms with Gasteiger partial charge in [0.15, 0.2) is 0 Å². The molecule has 2 N–H and O–H groups in total. The van der Waals surface area contributed by atoms with E-state index in [1.54, 1.807) is 12.4 Å². The first-order valence-corrected chi connectivity index (χ1v) is 8.71. The summed E-state index contributed by atoms with van der Waals surface area (Å²) in [6, 6.07) is 12.4. The normalized spacial score (nSPS) is 16.5. The van der Waals surface area contributed by atoms with Crippen molar-refractivity contribution in [1.82, 2.24) is 10.3 Å². The van der Waals surface area contributed by atoms with Gasteiger partial charge in [0.25, 0.3) is 0 Å². The Labute approximate surface area is 143 Å². The Balaban J connectivity index is 1.68. The molecule has 0 bridgehead atoms. The number of carbonyl (C=O) groups is 1. The molecule has 0 saturated heterocycles. The number of hydrogen-bond donors (Lipinski definition) is 2. The fourth-order valence-corrected chi connectivity index (χ4v) is 3.52. The predicted octanol–water partition coefficient (Wildman–Crippen LogP) is 3.78. The molecule has 0 spiro atoms. The van der Waals surface area contributed by atoms with Gasteiger partial charge in [-0.2, -0.15) is 0 Å². The Morgan fingerprint density at radius 1 is 1.12 bits per heavy atom. The minimum atomic E-state index is -0.0825. The average molecular weight is 323 g/mol. The van der Waals surface area contributed by atoms with Gasteiger partial charge in [-0.05, 0) is 37.0 Å². The third kappa shape index (κ3) is 3.82. The zero-order valence-electron chi connectivity index (χ0n) is 14.2. The van der Waals surface area contributed by atoms with Crippen molar-refractivity contribution in [3.05, 3.63) is 59.9 Å². The second kappa shape index (κ2) is 7.58. The predicted molar refractivity (Wildman–Crippen MR) is 96.8 cm³/mol. The lowest BCUT2D eigenvalue weighted by Crippen LogP contribution is -2.47. The van der Waals surface area contributed by atoms with Gasteiger partial charge in [0.05, 0.1) is 18.4 Å². The van der Waals surface area contributed by atoms with Crippen LogP contribution in [0.1, 0.15) is 43.2 Å². The van der Waals surface area contributed by atoms with Crippen LogP contribution in [0.2, 0.25) is 0 Å². The van der Waals surface area contributed by atoms with Crippen LogP contribution in [0.15, 0.2) is 48.8 Å². The van der Waals surface area contributed by atoms with Crippen LogP contribution in [0.3, 0.4) is 0 Å². The summed E-state index contributed by atoms with van der Waals surface area (Å²) in [7, 11) is 0. The topological polar surface area (TPSA) is 54.0 Å². The zero-order valence-corrected chi connectivity index (χ0v) is 14.2. The lowest BCUT2D eigenvalue weighted by atomic mass is 9.76. The Morgan fingerprint density at radius 2 is 1.88 bits per heavy atom. The number of carbonyl (C=O) groups excluding carboxylic acids is 1. The van der Waals surface area contributed by atoms with Gasteiger partial charge in [0, 0.05) is 11.7 Å². The lowest BCUT2D eigenvalue weighted by molar-refractivity contribution is -0.115. The fraction of sp³-hybridized carbons (Fsp3) is 0.400. The quantitative estimate of drug-likeness (QED) is 0.880. The van der Waals surface area contributed by atoms with Crippen LogP contribution in [0.5, 0.6) is 0 Å². The minimum Gasteiger partial charge on any atom is -0.323 e. The molecule has 0 radical (unpaired) electrons. The Kier molecular flexibility index (Phi) is 5.26. The van der Waals surface area contributed by atoms with E-state index in [9.17, 15) is 4.79 Å². The molecule has 4 nitrogen and oxygen atoms in total. The lowest BCUT2D eigenvalue weighted by Gasteiger charge is -2.39. The van der Waals surface area contributed by atoms with Crippen LogP contribution < -0.4 is 10.6 Å². The molecular formula is C20H25N3O. The maximum atomic E-state index is 12.4. The van der Waals surface area contributed by atoms with Gasteiger partial charge in [-0.1, -0.05) is 49.6 Å². The monoisotopic (exact) mass is 323 g/mol. The first kappa shape index (κ1) is 16.7. The van der Waals surface area contributed by atoms with Crippen LogP contribution in [0, 0.1) is 6.92 Å². The van der Waals surface area contributed by atoms with E-state index >= 15 is 0 Å². The molecular weight excluding hydrogens is 298 g/mol. The summed E-state index contributed by atoms with van der Waals surface area (Å²) < 4.78 is 0. The van der Waals surface area contributed by atoms with Gasteiger partial charge in [0.1, 0.15) is 0 Å². The molecule has 1 aliphatic rings. The van der Waals surface area contributed by atoms with Crippen molar-refractivity contribution < 1.29 is 4.79 Å². The minimum absolute atomic E-state index is 0.0213. The molecule has 1 aliphatic carbocycles. The second-order valence-electron chi connectivity index (χ2n) is 6.60. The zero-order chi connectivity index (χ0) is 16.8. The third-order valence-corrected chi connectivity index (χ3v) is 4.93. The number of rotatable bonds is 5. The number of amides is 1. The van der Waals surface area contributed by atoms with E-state index in [1.807, 2.05) is 19.1 Å². The first-order valence-electron chi connectivity index (χ1n) is 8.71. The van der Waals surface area contributed by atoms with Crippen molar-refractivity contribution in [1.29, 1.82) is 0 Å². The molecule has 4 heteroatoms. The first-order chi connectivity index (χ1) is 11.7. The molecule has 1 saturated carbocycles. The highest BCUT2D eigenvalue weighted by molar-refractivity contribution is 5.92. The highest BCUT2D eigenvalue weighted by Crippen LogP contribution is 2.36. The molecule has 0 aliphatic heterocycles. The molecule has 3 rings (SSSR count). The number of pyridine rings is 1. The number of hydrogen-bond acceptors (Lipinski definition) is 3. The number of anilines is 1. The maximum Gasteiger partial charge on any atom is 0.238 e. The Bertz CT molecular complexity index is 678. The summed E-state index contributed by atoms with van der Waals surface area (Å²) in [5.74, 6) is -0.0213. The molecule has 1 heterocycles. The van der Waals surface area contributed by atoms with Crippen LogP contribution in [0.25, 0.3) is 0 Å². The molecule has 0 atom stereocenters. The van der Waals surface area contributed by atoms with Gasteiger partial charge in [-0.3, -0.25) is 15.1 Å². The van der Waals surface area contributed by atoms with E-state index in [4.69, 9.17) is 0 Å². The number of aromatic nitrogens is 1.